The average molecular weight is 279 g/mol. The van der Waals surface area contributed by atoms with E-state index in [0.29, 0.717) is 0 Å². The van der Waals surface area contributed by atoms with Gasteiger partial charge >= 0.3 is 0 Å². The van der Waals surface area contributed by atoms with E-state index in [0.717, 1.165) is 17.4 Å². The third-order valence-electron chi connectivity index (χ3n) is 2.74. The van der Waals surface area contributed by atoms with Gasteiger partial charge < -0.3 is 4.57 Å². The average Bonchev–Trinajstić information content (AvgIpc) is 2.56. The third kappa shape index (κ3) is 2.53. The minimum absolute atomic E-state index is 0.961. The predicted molar refractivity (Wildman–Crippen MR) is 69.5 cm³/mol. The fourth-order valence-electron chi connectivity index (χ4n) is 1.84. The first kappa shape index (κ1) is 11.4. The highest BCUT2D eigenvalue weighted by Gasteiger charge is 2.05. The van der Waals surface area contributed by atoms with E-state index in [-0.39, 0.29) is 0 Å². The van der Waals surface area contributed by atoms with E-state index in [1.54, 1.807) is 0 Å². The first-order chi connectivity index (χ1) is 7.66. The van der Waals surface area contributed by atoms with Crippen molar-refractivity contribution in [3.05, 3.63) is 52.0 Å². The van der Waals surface area contributed by atoms with Crippen molar-refractivity contribution >= 4 is 15.9 Å². The second-order valence-corrected chi connectivity index (χ2v) is 4.83. The maximum absolute atomic E-state index is 4.23. The fraction of sp³-hybridized carbons (Fsp3) is 0.308. The molecule has 1 aromatic carbocycles. The van der Waals surface area contributed by atoms with Crippen LogP contribution in [0.1, 0.15) is 16.8 Å². The molecular weight excluding hydrogens is 264 g/mol. The molecule has 0 spiro atoms. The van der Waals surface area contributed by atoms with Gasteiger partial charge in [0.05, 0.1) is 12.0 Å². The molecule has 3 heteroatoms. The minimum Gasteiger partial charge on any atom is -0.337 e. The van der Waals surface area contributed by atoms with Crippen LogP contribution >= 0.6 is 15.9 Å². The Hall–Kier alpha value is -1.09. The molecule has 0 aliphatic rings. The molecule has 2 aromatic rings. The molecule has 0 unspecified atom stereocenters. The number of benzene rings is 1. The smallest absolute Gasteiger partial charge is 0.127 e. The number of hydrogen-bond acceptors (Lipinski definition) is 1. The van der Waals surface area contributed by atoms with Crippen LogP contribution in [0.25, 0.3) is 0 Å². The van der Waals surface area contributed by atoms with Crippen molar-refractivity contribution in [1.82, 2.24) is 9.55 Å². The number of hydrogen-bond donors (Lipinski definition) is 0. The van der Waals surface area contributed by atoms with Crippen LogP contribution in [0.4, 0.5) is 0 Å². The highest BCUT2D eigenvalue weighted by Crippen LogP contribution is 2.16. The van der Waals surface area contributed by atoms with Crippen LogP contribution in [0, 0.1) is 6.92 Å². The van der Waals surface area contributed by atoms with Gasteiger partial charge in [-0.3, -0.25) is 0 Å². The Morgan fingerprint density at radius 1 is 1.31 bits per heavy atom. The van der Waals surface area contributed by atoms with Gasteiger partial charge in [0.2, 0.25) is 0 Å². The quantitative estimate of drug-likeness (QED) is 0.843. The minimum atomic E-state index is 0.961. The molecule has 0 saturated heterocycles. The van der Waals surface area contributed by atoms with Gasteiger partial charge in [-0.2, -0.15) is 0 Å². The molecular formula is C13H15BrN2. The van der Waals surface area contributed by atoms with Gasteiger partial charge in [-0.25, -0.2) is 4.98 Å². The molecule has 1 heterocycles. The summed E-state index contributed by atoms with van der Waals surface area (Å²) in [5, 5.41) is 0. The molecule has 2 rings (SSSR count). The Morgan fingerprint density at radius 2 is 2.12 bits per heavy atom. The number of imidazole rings is 1. The number of aryl methyl sites for hydroxylation is 3. The van der Waals surface area contributed by atoms with Crippen LogP contribution in [0.2, 0.25) is 0 Å². The van der Waals surface area contributed by atoms with Gasteiger partial charge in [-0.05, 0) is 41.3 Å². The van der Waals surface area contributed by atoms with Crippen LogP contribution < -0.4 is 0 Å². The number of aromatic nitrogens is 2. The number of rotatable bonds is 3. The lowest BCUT2D eigenvalue weighted by Crippen LogP contribution is -1.99. The Labute approximate surface area is 104 Å². The van der Waals surface area contributed by atoms with Gasteiger partial charge in [0.25, 0.3) is 0 Å². The van der Waals surface area contributed by atoms with E-state index >= 15 is 0 Å². The molecule has 1 aromatic heterocycles. The lowest BCUT2D eigenvalue weighted by Gasteiger charge is -2.04. The highest BCUT2D eigenvalue weighted by molar-refractivity contribution is 9.10. The van der Waals surface area contributed by atoms with Crippen molar-refractivity contribution in [2.75, 3.05) is 0 Å². The molecule has 0 radical (unpaired) electrons. The lowest BCUT2D eigenvalue weighted by atomic mass is 10.1. The van der Waals surface area contributed by atoms with Crippen LogP contribution in [-0.4, -0.2) is 9.55 Å². The fourth-order valence-corrected chi connectivity index (χ4v) is 2.41. The van der Waals surface area contributed by atoms with Crippen LogP contribution in [0.5, 0.6) is 0 Å². The van der Waals surface area contributed by atoms with E-state index in [1.165, 1.54) is 16.8 Å². The van der Waals surface area contributed by atoms with Gasteiger partial charge in [-0.15, -0.1) is 0 Å². The normalized spacial score (nSPS) is 10.7. The first-order valence-corrected chi connectivity index (χ1v) is 6.17. The Bertz CT molecular complexity index is 469. The van der Waals surface area contributed by atoms with Crippen molar-refractivity contribution in [3.8, 4) is 0 Å². The van der Waals surface area contributed by atoms with Crippen molar-refractivity contribution in [2.24, 2.45) is 7.05 Å². The summed E-state index contributed by atoms with van der Waals surface area (Å²) in [4.78, 5) is 4.23. The zero-order valence-electron chi connectivity index (χ0n) is 9.57. The molecule has 0 bridgehead atoms. The van der Waals surface area contributed by atoms with E-state index in [1.807, 2.05) is 13.4 Å². The van der Waals surface area contributed by atoms with Gasteiger partial charge in [0.1, 0.15) is 4.60 Å². The number of nitrogens with zero attached hydrogens (tertiary/aromatic N) is 2. The Balaban J connectivity index is 2.08. The topological polar surface area (TPSA) is 17.8 Å². The molecule has 0 aliphatic carbocycles. The van der Waals surface area contributed by atoms with Crippen molar-refractivity contribution in [1.29, 1.82) is 0 Å². The maximum atomic E-state index is 4.23. The number of halogens is 1. The summed E-state index contributed by atoms with van der Waals surface area (Å²) in [7, 11) is 2.03. The van der Waals surface area contributed by atoms with Crippen LogP contribution in [0.3, 0.4) is 0 Å². The summed E-state index contributed by atoms with van der Waals surface area (Å²) in [5.74, 6) is 0. The largest absolute Gasteiger partial charge is 0.337 e. The molecule has 0 atom stereocenters. The van der Waals surface area contributed by atoms with E-state index in [4.69, 9.17) is 0 Å². The van der Waals surface area contributed by atoms with E-state index in [9.17, 15) is 0 Å². The SMILES string of the molecule is Cc1cccc(CCc2c(Br)ncn2C)c1. The zero-order valence-corrected chi connectivity index (χ0v) is 11.2. The summed E-state index contributed by atoms with van der Waals surface area (Å²) in [6.07, 6.45) is 3.91. The summed E-state index contributed by atoms with van der Waals surface area (Å²) >= 11 is 3.47. The third-order valence-corrected chi connectivity index (χ3v) is 3.40. The second-order valence-electron chi connectivity index (χ2n) is 4.08. The van der Waals surface area contributed by atoms with Gasteiger partial charge in [-0.1, -0.05) is 29.8 Å². The van der Waals surface area contributed by atoms with Gasteiger partial charge in [0.15, 0.2) is 0 Å². The molecule has 0 N–H and O–H groups in total. The lowest BCUT2D eigenvalue weighted by molar-refractivity contribution is 0.795. The van der Waals surface area contributed by atoms with Crippen molar-refractivity contribution in [2.45, 2.75) is 19.8 Å². The monoisotopic (exact) mass is 278 g/mol. The Morgan fingerprint density at radius 3 is 2.75 bits per heavy atom. The van der Waals surface area contributed by atoms with E-state index < -0.39 is 0 Å². The molecule has 0 saturated carbocycles. The standard InChI is InChI=1S/C13H15BrN2/c1-10-4-3-5-11(8-10)6-7-12-13(14)15-9-16(12)2/h3-5,8-9H,6-7H2,1-2H3. The molecule has 0 fully saturated rings. The second kappa shape index (κ2) is 4.83. The zero-order chi connectivity index (χ0) is 11.5. The highest BCUT2D eigenvalue weighted by atomic mass is 79.9. The molecule has 16 heavy (non-hydrogen) atoms. The summed E-state index contributed by atoms with van der Waals surface area (Å²) in [5.41, 5.74) is 3.95. The van der Waals surface area contributed by atoms with Crippen molar-refractivity contribution < 1.29 is 0 Å². The molecule has 0 amide bonds. The molecule has 2 nitrogen and oxygen atoms in total. The Kier molecular flexibility index (Phi) is 3.44. The van der Waals surface area contributed by atoms with Crippen LogP contribution in [0.15, 0.2) is 35.2 Å². The molecule has 84 valence electrons. The first-order valence-electron chi connectivity index (χ1n) is 5.38. The van der Waals surface area contributed by atoms with E-state index in [2.05, 4.69) is 56.7 Å². The van der Waals surface area contributed by atoms with Crippen LogP contribution in [-0.2, 0) is 19.9 Å². The predicted octanol–water partition coefficient (Wildman–Crippen LogP) is 3.28. The summed E-state index contributed by atoms with van der Waals surface area (Å²) < 4.78 is 3.03. The molecule has 0 aliphatic heterocycles. The van der Waals surface area contributed by atoms with Gasteiger partial charge in [0, 0.05) is 7.05 Å². The van der Waals surface area contributed by atoms with Crippen molar-refractivity contribution in [3.63, 3.8) is 0 Å². The summed E-state index contributed by atoms with van der Waals surface area (Å²) in [6, 6.07) is 8.66. The maximum Gasteiger partial charge on any atom is 0.127 e. The summed E-state index contributed by atoms with van der Waals surface area (Å²) in [6.45, 7) is 2.13.